The molecule has 0 bridgehead atoms. The second-order valence-electron chi connectivity index (χ2n) is 23.9. The van der Waals surface area contributed by atoms with Gasteiger partial charge in [0.05, 0.1) is 62.1 Å². The Bertz CT molecular complexity index is 5070. The van der Waals surface area contributed by atoms with Gasteiger partial charge in [0.25, 0.3) is 29.5 Å². The van der Waals surface area contributed by atoms with Crippen LogP contribution in [-0.4, -0.2) is 113 Å². The van der Waals surface area contributed by atoms with Crippen LogP contribution in [0, 0.1) is 0 Å². The van der Waals surface area contributed by atoms with Crippen molar-refractivity contribution in [1.29, 1.82) is 0 Å². The standard InChI is InChI=1S/C23H19ClF3N3O3.C17H15ClF3NO2.C16H13ClF3NO2.C9H13NO.C8H4ClF3O2.C7H7ClN2O.3CH4.BBr3/c1-28-22(32)20-13-17(8-10-29-20)33-16-4-2-3-14(11-16)7-9-30-21(31)15-5-6-19(24)18(12-15)23(25,26)27;1-24-13-4-2-3-11(9-13)7-8-22-16(23)12-5-6-15(18)14(10-12)17(19,20)21;17-14-5-4-11(9-13(14)16(18,19)20)15(23)21-7-6-10-2-1-3-12(22)8-10;1-11-9-4-2-3-8(7-9)5-6-10;9-6-2-1-4(7(13)14)3-5(6)8(10,11)12;1-9-7(11)6-4-5(8)2-3-10-6;;;;2-1(3)4/h2-6,8,10-13H,7,9H2,1H3,(H,28,32)(H,30,31);2-6,9-10H,7-8H2,1H3,(H,22,23);1-5,8-9,22H,6-7H2,(H,21,23);2-4,7H,5-6,10H2,1H3;1-3H,(H,13,14);2-4H,1H3,(H,9,11);3*1H4;. The highest BCUT2D eigenvalue weighted by Crippen LogP contribution is 2.39. The van der Waals surface area contributed by atoms with Gasteiger partial charge < -0.3 is 56.7 Å². The number of carboxylic acid groups (broad SMARTS) is 1. The molecule has 5 amide bonds. The van der Waals surface area contributed by atoms with Gasteiger partial charge in [0.1, 0.15) is 40.1 Å². The van der Waals surface area contributed by atoms with E-state index in [0.717, 1.165) is 77.4 Å². The van der Waals surface area contributed by atoms with E-state index in [1.165, 1.54) is 61.4 Å². The van der Waals surface area contributed by atoms with Crippen LogP contribution in [-0.2, 0) is 50.4 Å². The summed E-state index contributed by atoms with van der Waals surface area (Å²) in [7, 11) is 6.27. The highest BCUT2D eigenvalue weighted by molar-refractivity contribution is 9.69. The van der Waals surface area contributed by atoms with E-state index >= 15 is 0 Å². The molecule has 123 heavy (non-hydrogen) atoms. The van der Waals surface area contributed by atoms with E-state index in [4.69, 9.17) is 83.1 Å². The van der Waals surface area contributed by atoms with Gasteiger partial charge in [-0.05, 0) is 194 Å². The molecule has 0 aliphatic heterocycles. The fourth-order valence-corrected chi connectivity index (χ4v) is 10.7. The van der Waals surface area contributed by atoms with E-state index in [1.54, 1.807) is 75.9 Å². The number of aromatic nitrogens is 2. The molecular formula is C83H83BBr3Cl5F12N8O11. The van der Waals surface area contributed by atoms with E-state index in [1.807, 2.05) is 42.5 Å². The molecule has 8 aromatic carbocycles. The van der Waals surface area contributed by atoms with Gasteiger partial charge in [0, 0.05) is 73.9 Å². The van der Waals surface area contributed by atoms with Crippen LogP contribution in [0.4, 0.5) is 52.7 Å². The topological polar surface area (TPSA) is 283 Å². The fourth-order valence-electron chi connectivity index (χ4n) is 9.61. The van der Waals surface area contributed by atoms with Gasteiger partial charge in [-0.15, -0.1) is 47.3 Å². The largest absolute Gasteiger partial charge is 0.508 e. The summed E-state index contributed by atoms with van der Waals surface area (Å²) < 4.78 is 169. The molecule has 0 atom stereocenters. The van der Waals surface area contributed by atoms with E-state index in [2.05, 4.69) is 89.9 Å². The molecule has 2 heterocycles. The molecule has 10 rings (SSSR count). The van der Waals surface area contributed by atoms with Crippen LogP contribution in [0.15, 0.2) is 207 Å². The third-order valence-electron chi connectivity index (χ3n) is 15.3. The van der Waals surface area contributed by atoms with Crippen LogP contribution in [0.1, 0.15) is 129 Å². The number of amides is 5. The van der Waals surface area contributed by atoms with Crippen molar-refractivity contribution in [2.24, 2.45) is 5.73 Å². The molecule has 0 unspecified atom stereocenters. The Morgan fingerprint density at radius 1 is 0.407 bits per heavy atom. The molecule has 10 aromatic rings. The molecule has 0 fully saturated rings. The predicted molar refractivity (Wildman–Crippen MR) is 467 cm³/mol. The number of nitrogens with one attached hydrogen (secondary N) is 5. The molecule has 40 heteroatoms. The average Bonchev–Trinajstić information content (AvgIpc) is 0.833. The predicted octanol–water partition coefficient (Wildman–Crippen LogP) is 22.7. The molecule has 664 valence electrons. The Morgan fingerprint density at radius 2 is 0.707 bits per heavy atom. The zero-order valence-electron chi connectivity index (χ0n) is 63.0. The van der Waals surface area contributed by atoms with Crippen molar-refractivity contribution in [2.75, 3.05) is 54.5 Å². The average molecular weight is 2020 g/mol. The number of rotatable bonds is 21. The number of carbonyl (C=O) groups is 6. The van der Waals surface area contributed by atoms with Crippen LogP contribution < -0.4 is 46.5 Å². The summed E-state index contributed by atoms with van der Waals surface area (Å²) in [6.07, 6.45) is -13.2. The van der Waals surface area contributed by atoms with Crippen LogP contribution in [0.2, 0.25) is 25.1 Å². The summed E-state index contributed by atoms with van der Waals surface area (Å²) in [6, 6.07) is 46.7. The van der Waals surface area contributed by atoms with Crippen LogP contribution >= 0.6 is 105 Å². The fraction of sp³-hybridized carbons (Fsp3) is 0.229. The Labute approximate surface area is 752 Å². The number of carbonyl (C=O) groups excluding carboxylic acids is 5. The summed E-state index contributed by atoms with van der Waals surface area (Å²) >= 11 is 36.8. The lowest BCUT2D eigenvalue weighted by atomic mass is 10.1. The summed E-state index contributed by atoms with van der Waals surface area (Å²) in [5.41, 5.74) is 4.73. The molecule has 0 spiro atoms. The number of aromatic carboxylic acids is 1. The smallest absolute Gasteiger partial charge is 0.417 e. The summed E-state index contributed by atoms with van der Waals surface area (Å²) in [5, 5.41) is 29.1. The van der Waals surface area contributed by atoms with Crippen LogP contribution in [0.25, 0.3) is 0 Å². The van der Waals surface area contributed by atoms with Crippen molar-refractivity contribution < 1.29 is 106 Å². The van der Waals surface area contributed by atoms with E-state index in [-0.39, 0.29) is 85.0 Å². The maximum atomic E-state index is 13.0. The molecule has 0 saturated heterocycles. The summed E-state index contributed by atoms with van der Waals surface area (Å²) in [4.78, 5) is 77.0. The van der Waals surface area contributed by atoms with Gasteiger partial charge in [-0.25, -0.2) is 4.79 Å². The van der Waals surface area contributed by atoms with Crippen molar-refractivity contribution in [3.63, 3.8) is 0 Å². The number of pyridine rings is 2. The van der Waals surface area contributed by atoms with Gasteiger partial charge in [0.2, 0.25) is 0 Å². The minimum absolute atomic E-state index is 0. The normalized spacial score (nSPS) is 10.5. The quantitative estimate of drug-likeness (QED) is 0.0245. The summed E-state index contributed by atoms with van der Waals surface area (Å²) in [6.45, 7) is 1.40. The third kappa shape index (κ3) is 40.6. The summed E-state index contributed by atoms with van der Waals surface area (Å²) in [5.74, 6) is -1.18. The number of hydrogen-bond donors (Lipinski definition) is 8. The lowest BCUT2D eigenvalue weighted by molar-refractivity contribution is -0.138. The molecule has 0 saturated carbocycles. The number of nitrogens with two attached hydrogens (primary N) is 1. The first-order valence-corrected chi connectivity index (χ1v) is 39.0. The van der Waals surface area contributed by atoms with E-state index < -0.39 is 96.3 Å². The molecule has 0 aliphatic rings. The number of nitrogens with zero attached hydrogens (tertiary/aromatic N) is 2. The minimum atomic E-state index is -4.65. The number of carboxylic acids is 1. The zero-order valence-corrected chi connectivity index (χ0v) is 71.5. The Kier molecular flexibility index (Phi) is 49.4. The van der Waals surface area contributed by atoms with Gasteiger partial charge >= 0.3 is 33.9 Å². The number of hydrogen-bond acceptors (Lipinski definition) is 13. The van der Waals surface area contributed by atoms with Crippen molar-refractivity contribution in [1.82, 2.24) is 36.6 Å². The SMILES string of the molecule is BrB(Br)Br.C.C.C.CNC(=O)c1cc(Cl)ccn1.CNC(=O)c1cc(Oc2cccc(CCNC(=O)c3ccc(Cl)c(C(F)(F)F)c3)c2)ccn1.COc1cccc(CCN)c1.COc1cccc(CCNC(=O)c2ccc(Cl)c(C(F)(F)F)c2)c1.O=C(NCCc1cccc(O)c1)c1ccc(Cl)c(C(F)(F)F)c1.O=C(O)c1ccc(Cl)c(C(F)(F)F)c1. The highest BCUT2D eigenvalue weighted by atomic mass is 79.9. The second kappa shape index (κ2) is 54.7. The molecule has 0 radical (unpaired) electrons. The maximum absolute atomic E-state index is 13.0. The number of phenols is 1. The lowest BCUT2D eigenvalue weighted by Crippen LogP contribution is -2.26. The number of alkyl halides is 12. The van der Waals surface area contributed by atoms with Crippen LogP contribution in [0.5, 0.6) is 28.7 Å². The van der Waals surface area contributed by atoms with Gasteiger partial charge in [-0.2, -0.15) is 52.7 Å². The van der Waals surface area contributed by atoms with Crippen molar-refractivity contribution >= 4 is 144 Å². The first kappa shape index (κ1) is 111. The third-order valence-corrected chi connectivity index (χ3v) is 16.9. The van der Waals surface area contributed by atoms with Crippen LogP contribution in [0.3, 0.4) is 0 Å². The second-order valence-corrected chi connectivity index (χ2v) is 32.4. The number of methoxy groups -OCH3 is 2. The van der Waals surface area contributed by atoms with Gasteiger partial charge in [0.15, 0.2) is 0 Å². The molecule has 0 aliphatic carbocycles. The minimum Gasteiger partial charge on any atom is -0.508 e. The Morgan fingerprint density at radius 3 is 1.03 bits per heavy atom. The van der Waals surface area contributed by atoms with Crippen molar-refractivity contribution in [3.05, 3.63) is 310 Å². The first-order valence-electron chi connectivity index (χ1n) is 34.4. The molecule has 19 nitrogen and oxygen atoms in total. The molecule has 2 aromatic heterocycles. The van der Waals surface area contributed by atoms with Gasteiger partial charge in [-0.3, -0.25) is 33.9 Å². The monoisotopic (exact) mass is 2020 g/mol. The van der Waals surface area contributed by atoms with Gasteiger partial charge in [-0.1, -0.05) is 129 Å². The number of benzene rings is 8. The van der Waals surface area contributed by atoms with Crippen molar-refractivity contribution in [2.45, 2.75) is 72.7 Å². The molecular weight excluding hydrogens is 1940 g/mol. The number of ether oxygens (including phenoxy) is 3. The number of halogens is 20. The lowest BCUT2D eigenvalue weighted by Gasteiger charge is -2.11. The first-order chi connectivity index (χ1) is 56.4. The zero-order chi connectivity index (χ0) is 89.7. The number of aromatic hydroxyl groups is 1. The highest BCUT2D eigenvalue weighted by Gasteiger charge is 2.37. The number of phenolic OH excluding ortho intramolecular Hbond substituents is 1. The van der Waals surface area contributed by atoms with Crippen molar-refractivity contribution in [3.8, 4) is 28.7 Å². The maximum Gasteiger partial charge on any atom is 0.417 e. The Balaban J connectivity index is 0.000000757. The van der Waals surface area contributed by atoms with E-state index in [9.17, 15) is 86.6 Å². The van der Waals surface area contributed by atoms with E-state index in [0.29, 0.717) is 59.8 Å². The Hall–Kier alpha value is -9.85. The molecule has 9 N–H and O–H groups in total.